The standard InChI is InChI=1S/C18H22N2O3S/c21-18(22)14-5-9-23-17(14)12-3-7-20(8-4-12)11-13-10-15-16(24-13)2-1-6-19-15/h1-2,6,10,12,14,17H,3-5,7-9,11H2,(H,21,22)/t14-,17+/m1/s1. The topological polar surface area (TPSA) is 62.7 Å². The fourth-order valence-electron chi connectivity index (χ4n) is 4.00. The Morgan fingerprint density at radius 2 is 2.21 bits per heavy atom. The SMILES string of the molecule is O=C(O)[C@@H]1CCO[C@H]1C1CCN(Cc2cc3ncccc3s2)CC1. The molecule has 0 saturated carbocycles. The van der Waals surface area contributed by atoms with Crippen LogP contribution in [-0.2, 0) is 16.1 Å². The van der Waals surface area contributed by atoms with E-state index >= 15 is 0 Å². The van der Waals surface area contributed by atoms with Gasteiger partial charge in [0, 0.05) is 24.2 Å². The number of aromatic nitrogens is 1. The van der Waals surface area contributed by atoms with E-state index in [1.165, 1.54) is 9.58 Å². The van der Waals surface area contributed by atoms with E-state index in [0.29, 0.717) is 18.9 Å². The van der Waals surface area contributed by atoms with Crippen LogP contribution in [0.25, 0.3) is 10.2 Å². The van der Waals surface area contributed by atoms with Crippen LogP contribution in [0.4, 0.5) is 0 Å². The van der Waals surface area contributed by atoms with Crippen LogP contribution in [0.5, 0.6) is 0 Å². The number of hydrogen-bond donors (Lipinski definition) is 1. The first-order chi connectivity index (χ1) is 11.7. The summed E-state index contributed by atoms with van der Waals surface area (Å²) in [6, 6.07) is 6.29. The monoisotopic (exact) mass is 346 g/mol. The average Bonchev–Trinajstić information content (AvgIpc) is 3.21. The van der Waals surface area contributed by atoms with Gasteiger partial charge in [-0.2, -0.15) is 0 Å². The molecule has 0 aromatic carbocycles. The Balaban J connectivity index is 1.35. The molecular formula is C18H22N2O3S. The van der Waals surface area contributed by atoms with E-state index in [-0.39, 0.29) is 12.0 Å². The Morgan fingerprint density at radius 1 is 1.38 bits per heavy atom. The highest BCUT2D eigenvalue weighted by Crippen LogP contribution is 2.34. The summed E-state index contributed by atoms with van der Waals surface area (Å²) in [5.74, 6) is -0.623. The van der Waals surface area contributed by atoms with Crippen LogP contribution in [0.3, 0.4) is 0 Å². The quantitative estimate of drug-likeness (QED) is 0.922. The highest BCUT2D eigenvalue weighted by molar-refractivity contribution is 7.19. The lowest BCUT2D eigenvalue weighted by Gasteiger charge is -2.35. The zero-order valence-corrected chi connectivity index (χ0v) is 14.4. The van der Waals surface area contributed by atoms with Gasteiger partial charge in [0.05, 0.1) is 22.2 Å². The van der Waals surface area contributed by atoms with Crippen molar-refractivity contribution in [3.63, 3.8) is 0 Å². The first kappa shape index (κ1) is 16.0. The molecule has 0 spiro atoms. The van der Waals surface area contributed by atoms with Gasteiger partial charge in [-0.25, -0.2) is 0 Å². The lowest BCUT2D eigenvalue weighted by Crippen LogP contribution is -2.40. The number of likely N-dealkylation sites (tertiary alicyclic amines) is 1. The van der Waals surface area contributed by atoms with E-state index in [9.17, 15) is 9.90 Å². The van der Waals surface area contributed by atoms with Gasteiger partial charge in [0.1, 0.15) is 0 Å². The van der Waals surface area contributed by atoms with Crippen LogP contribution in [0.2, 0.25) is 0 Å². The second kappa shape index (κ2) is 6.78. The fourth-order valence-corrected chi connectivity index (χ4v) is 5.06. The second-order valence-electron chi connectivity index (χ2n) is 6.78. The number of piperidine rings is 1. The molecule has 1 N–H and O–H groups in total. The molecule has 0 radical (unpaired) electrons. The molecular weight excluding hydrogens is 324 g/mol. The number of aliphatic carboxylic acids is 1. The van der Waals surface area contributed by atoms with Crippen molar-refractivity contribution in [2.24, 2.45) is 11.8 Å². The van der Waals surface area contributed by atoms with E-state index < -0.39 is 5.97 Å². The molecule has 0 bridgehead atoms. The third-order valence-corrected chi connectivity index (χ3v) is 6.34. The number of hydrogen-bond acceptors (Lipinski definition) is 5. The molecule has 2 saturated heterocycles. The van der Waals surface area contributed by atoms with Crippen molar-refractivity contribution in [2.45, 2.75) is 31.9 Å². The maximum Gasteiger partial charge on any atom is 0.309 e. The highest BCUT2D eigenvalue weighted by atomic mass is 32.1. The number of fused-ring (bicyclic) bond motifs is 1. The van der Waals surface area contributed by atoms with Gasteiger partial charge in [0.15, 0.2) is 0 Å². The number of nitrogens with zero attached hydrogens (tertiary/aromatic N) is 2. The summed E-state index contributed by atoms with van der Waals surface area (Å²) < 4.78 is 7.00. The van der Waals surface area contributed by atoms with E-state index in [2.05, 4.69) is 22.0 Å². The van der Waals surface area contributed by atoms with Crippen molar-refractivity contribution in [2.75, 3.05) is 19.7 Å². The Bertz CT molecular complexity index is 691. The largest absolute Gasteiger partial charge is 0.481 e. The molecule has 24 heavy (non-hydrogen) atoms. The molecule has 6 heteroatoms. The van der Waals surface area contributed by atoms with Crippen molar-refractivity contribution >= 4 is 27.5 Å². The summed E-state index contributed by atoms with van der Waals surface area (Å²) in [6.45, 7) is 3.58. The van der Waals surface area contributed by atoms with Gasteiger partial charge >= 0.3 is 5.97 Å². The first-order valence-electron chi connectivity index (χ1n) is 8.61. The van der Waals surface area contributed by atoms with E-state index in [4.69, 9.17) is 4.74 Å². The minimum atomic E-state index is -0.697. The van der Waals surface area contributed by atoms with Crippen molar-refractivity contribution in [1.82, 2.24) is 9.88 Å². The van der Waals surface area contributed by atoms with Crippen LogP contribution in [0.1, 0.15) is 24.1 Å². The van der Waals surface area contributed by atoms with Gasteiger partial charge in [-0.3, -0.25) is 14.7 Å². The van der Waals surface area contributed by atoms with E-state index in [1.54, 1.807) is 0 Å². The fraction of sp³-hybridized carbons (Fsp3) is 0.556. The molecule has 128 valence electrons. The number of ether oxygens (including phenoxy) is 1. The number of carboxylic acid groups (broad SMARTS) is 1. The van der Waals surface area contributed by atoms with E-state index in [1.807, 2.05) is 23.6 Å². The Morgan fingerprint density at radius 3 is 2.96 bits per heavy atom. The van der Waals surface area contributed by atoms with Gasteiger partial charge in [-0.1, -0.05) is 0 Å². The third-order valence-electron chi connectivity index (χ3n) is 5.27. The van der Waals surface area contributed by atoms with Gasteiger partial charge in [0.2, 0.25) is 0 Å². The summed E-state index contributed by atoms with van der Waals surface area (Å²) in [4.78, 5) is 19.6. The summed E-state index contributed by atoms with van der Waals surface area (Å²) in [5, 5.41) is 9.34. The summed E-state index contributed by atoms with van der Waals surface area (Å²) in [7, 11) is 0. The molecule has 4 heterocycles. The highest BCUT2D eigenvalue weighted by Gasteiger charge is 2.40. The van der Waals surface area contributed by atoms with Crippen molar-refractivity contribution in [1.29, 1.82) is 0 Å². The minimum absolute atomic E-state index is 0.0850. The van der Waals surface area contributed by atoms with Crippen LogP contribution in [0.15, 0.2) is 24.4 Å². The van der Waals surface area contributed by atoms with E-state index in [0.717, 1.165) is 38.0 Å². The zero-order valence-electron chi connectivity index (χ0n) is 13.6. The first-order valence-corrected chi connectivity index (χ1v) is 9.42. The van der Waals surface area contributed by atoms with Gasteiger partial charge < -0.3 is 9.84 Å². The number of thiophene rings is 1. The van der Waals surface area contributed by atoms with Gasteiger partial charge in [0.25, 0.3) is 0 Å². The number of rotatable bonds is 4. The molecule has 2 aliphatic rings. The van der Waals surface area contributed by atoms with Crippen LogP contribution >= 0.6 is 11.3 Å². The smallest absolute Gasteiger partial charge is 0.309 e. The molecule has 5 nitrogen and oxygen atoms in total. The van der Waals surface area contributed by atoms with Crippen LogP contribution < -0.4 is 0 Å². The Hall–Kier alpha value is -1.50. The van der Waals surface area contributed by atoms with Crippen molar-refractivity contribution in [3.05, 3.63) is 29.3 Å². The average molecular weight is 346 g/mol. The van der Waals surface area contributed by atoms with Gasteiger partial charge in [-0.05, 0) is 56.5 Å². The molecule has 2 fully saturated rings. The summed E-state index contributed by atoms with van der Waals surface area (Å²) in [6.07, 6.45) is 4.47. The Labute approximate surface area is 145 Å². The minimum Gasteiger partial charge on any atom is -0.481 e. The lowest BCUT2D eigenvalue weighted by atomic mass is 9.84. The summed E-state index contributed by atoms with van der Waals surface area (Å²) >= 11 is 1.81. The third kappa shape index (κ3) is 3.18. The molecule has 2 aliphatic heterocycles. The van der Waals surface area contributed by atoms with Crippen molar-refractivity contribution in [3.8, 4) is 0 Å². The Kier molecular flexibility index (Phi) is 4.52. The van der Waals surface area contributed by atoms with Crippen molar-refractivity contribution < 1.29 is 14.6 Å². The maximum atomic E-state index is 11.4. The molecule has 2 atom stereocenters. The zero-order chi connectivity index (χ0) is 16.5. The molecule has 0 aliphatic carbocycles. The molecule has 0 amide bonds. The number of carboxylic acids is 1. The number of carbonyl (C=O) groups is 1. The second-order valence-corrected chi connectivity index (χ2v) is 7.95. The summed E-state index contributed by atoms with van der Waals surface area (Å²) in [5.41, 5.74) is 1.08. The predicted octanol–water partition coefficient (Wildman–Crippen LogP) is 3.00. The van der Waals surface area contributed by atoms with Crippen LogP contribution in [0, 0.1) is 11.8 Å². The predicted molar refractivity (Wildman–Crippen MR) is 93.1 cm³/mol. The molecule has 4 rings (SSSR count). The number of pyridine rings is 1. The maximum absolute atomic E-state index is 11.4. The normalized spacial score (nSPS) is 26.2. The van der Waals surface area contributed by atoms with Crippen LogP contribution in [-0.4, -0.2) is 46.8 Å². The molecule has 2 aromatic rings. The van der Waals surface area contributed by atoms with Gasteiger partial charge in [-0.15, -0.1) is 11.3 Å². The molecule has 2 aromatic heterocycles. The lowest BCUT2D eigenvalue weighted by molar-refractivity contribution is -0.145. The molecule has 0 unspecified atom stereocenters.